The maximum absolute atomic E-state index is 16.0. The highest BCUT2D eigenvalue weighted by Gasteiger charge is 2.29. The van der Waals surface area contributed by atoms with Crippen molar-refractivity contribution in [2.24, 2.45) is 4.40 Å². The van der Waals surface area contributed by atoms with Crippen LogP contribution >= 0.6 is 11.9 Å². The number of rotatable bonds is 12. The molecule has 3 rings (SSSR count). The second kappa shape index (κ2) is 14.5. The number of ether oxygens (including phenoxy) is 1. The van der Waals surface area contributed by atoms with Gasteiger partial charge in [-0.2, -0.15) is 0 Å². The van der Waals surface area contributed by atoms with Gasteiger partial charge in [0.05, 0.1) is 18.8 Å². The Morgan fingerprint density at radius 2 is 1.82 bits per heavy atom. The predicted molar refractivity (Wildman–Crippen MR) is 163 cm³/mol. The summed E-state index contributed by atoms with van der Waals surface area (Å²) in [5, 5.41) is 5.55. The van der Waals surface area contributed by atoms with Crippen LogP contribution in [0.15, 0.2) is 70.6 Å². The number of carbonyl (C=O) groups is 1. The first kappa shape index (κ1) is 34.3. The third-order valence-electron chi connectivity index (χ3n) is 5.74. The fourth-order valence-corrected chi connectivity index (χ4v) is 5.42. The number of benzene rings is 2. The van der Waals surface area contributed by atoms with Crippen molar-refractivity contribution in [3.8, 4) is 0 Å². The second-order valence-corrected chi connectivity index (χ2v) is 13.4. The molecule has 0 aliphatic carbocycles. The van der Waals surface area contributed by atoms with E-state index < -0.39 is 61.0 Å². The van der Waals surface area contributed by atoms with Crippen LogP contribution in [0.5, 0.6) is 0 Å². The molecule has 236 valence electrons. The molecule has 0 saturated carbocycles. The average molecular weight is 653 g/mol. The minimum atomic E-state index is -4.85. The maximum atomic E-state index is 16.0. The number of sulfonamides is 1. The molecule has 6 N–H and O–H groups in total. The van der Waals surface area contributed by atoms with Gasteiger partial charge in [0.2, 0.25) is 5.95 Å². The molecular weight excluding hydrogens is 619 g/mol. The van der Waals surface area contributed by atoms with Crippen molar-refractivity contribution in [3.63, 3.8) is 0 Å². The molecule has 0 spiro atoms. The van der Waals surface area contributed by atoms with E-state index in [2.05, 4.69) is 42.0 Å². The maximum Gasteiger partial charge on any atom is 0.407 e. The molecule has 11 nitrogen and oxygen atoms in total. The van der Waals surface area contributed by atoms with Gasteiger partial charge in [-0.25, -0.2) is 40.7 Å². The van der Waals surface area contributed by atoms with Crippen LogP contribution in [0.2, 0.25) is 0 Å². The molecule has 0 saturated heterocycles. The molecule has 2 atom stereocenters. The van der Waals surface area contributed by atoms with Gasteiger partial charge >= 0.3 is 6.09 Å². The second-order valence-electron chi connectivity index (χ2n) is 10.2. The number of halogens is 3. The molecule has 16 heteroatoms. The third kappa shape index (κ3) is 8.93. The summed E-state index contributed by atoms with van der Waals surface area (Å²) in [6.45, 7) is 9.53. The lowest BCUT2D eigenvalue weighted by molar-refractivity contribution is -0.401. The molecule has 0 radical (unpaired) electrons. The van der Waals surface area contributed by atoms with Gasteiger partial charge in [0, 0.05) is 23.1 Å². The Morgan fingerprint density at radius 3 is 2.43 bits per heavy atom. The van der Waals surface area contributed by atoms with Crippen molar-refractivity contribution >= 4 is 45.4 Å². The van der Waals surface area contributed by atoms with Gasteiger partial charge in [0.25, 0.3) is 10.0 Å². The van der Waals surface area contributed by atoms with Crippen molar-refractivity contribution in [1.82, 2.24) is 15.3 Å². The molecule has 2 aromatic carbocycles. The van der Waals surface area contributed by atoms with Gasteiger partial charge in [0.15, 0.2) is 16.8 Å². The van der Waals surface area contributed by atoms with Crippen molar-refractivity contribution in [2.45, 2.75) is 42.5 Å². The van der Waals surface area contributed by atoms with Crippen LogP contribution in [-0.2, 0) is 14.8 Å². The van der Waals surface area contributed by atoms with Crippen LogP contribution in [0.1, 0.15) is 38.1 Å². The molecule has 1 aromatic heterocycles. The molecule has 1 heterocycles. The Balaban J connectivity index is 1.98. The number of carbonyl (C=O) groups excluding carboxylic acids is 1. The third-order valence-corrected chi connectivity index (χ3v) is 7.99. The molecule has 0 fully saturated rings. The van der Waals surface area contributed by atoms with Crippen molar-refractivity contribution in [3.05, 3.63) is 90.0 Å². The first-order valence-corrected chi connectivity index (χ1v) is 15.3. The first-order valence-electron chi connectivity index (χ1n) is 13.1. The Hall–Kier alpha value is -4.15. The minimum absolute atomic E-state index is 0.113. The summed E-state index contributed by atoms with van der Waals surface area (Å²) in [6, 6.07) is 6.61. The standard InChI is InChI=1S/C28H32F3N7O4S2/c1-6-16(35-27(39)42-5)15-34-26-33-14-13-21(36-26)23(32)24(37-43-28(2,3)4)17-9-7-12-20(22(17)31)38-44(40,41)25-18(29)10-8-11-19(25)30/h6-14,16,23,38H,1,15,32H2,2-5H3,(H,35,39)(H,33,34,36)/p+1/b37-24-/t16-,23?/m0/s1. The Labute approximate surface area is 257 Å². The lowest BCUT2D eigenvalue weighted by Crippen LogP contribution is -2.58. The number of quaternary nitrogens is 1. The topological polar surface area (TPSA) is 162 Å². The van der Waals surface area contributed by atoms with E-state index in [4.69, 9.17) is 0 Å². The lowest BCUT2D eigenvalue weighted by atomic mass is 10.00. The number of nitrogens with zero attached hydrogens (tertiary/aromatic N) is 3. The molecule has 3 aromatic rings. The zero-order chi connectivity index (χ0) is 32.7. The minimum Gasteiger partial charge on any atom is -0.453 e. The highest BCUT2D eigenvalue weighted by Crippen LogP contribution is 2.30. The van der Waals surface area contributed by atoms with Crippen LogP contribution in [0.25, 0.3) is 0 Å². The van der Waals surface area contributed by atoms with Crippen LogP contribution in [0.3, 0.4) is 0 Å². The van der Waals surface area contributed by atoms with E-state index >= 15 is 4.39 Å². The summed E-state index contributed by atoms with van der Waals surface area (Å²) in [5.41, 5.74) is 3.94. The van der Waals surface area contributed by atoms with Gasteiger partial charge in [-0.3, -0.25) is 4.72 Å². The van der Waals surface area contributed by atoms with Gasteiger partial charge in [-0.15, -0.1) is 6.58 Å². The smallest absolute Gasteiger partial charge is 0.407 e. The van der Waals surface area contributed by atoms with Crippen molar-refractivity contribution < 1.29 is 36.9 Å². The quantitative estimate of drug-likeness (QED) is 0.128. The molecule has 1 amide bonds. The number of methoxy groups -OCH3 is 1. The van der Waals surface area contributed by atoms with E-state index in [1.54, 1.807) is 6.07 Å². The molecule has 44 heavy (non-hydrogen) atoms. The number of alkyl carbamates (subject to hydrolysis) is 1. The number of anilines is 2. The van der Waals surface area contributed by atoms with Crippen LogP contribution in [0.4, 0.5) is 29.6 Å². The molecule has 0 bridgehead atoms. The van der Waals surface area contributed by atoms with Gasteiger partial charge in [0.1, 0.15) is 23.0 Å². The summed E-state index contributed by atoms with van der Waals surface area (Å²) in [4.78, 5) is 18.9. The van der Waals surface area contributed by atoms with Gasteiger partial charge in [-0.05, 0) is 63.1 Å². The van der Waals surface area contributed by atoms with Crippen LogP contribution in [-0.4, -0.2) is 54.6 Å². The zero-order valence-corrected chi connectivity index (χ0v) is 26.0. The summed E-state index contributed by atoms with van der Waals surface area (Å²) in [6.07, 6.45) is 2.31. The van der Waals surface area contributed by atoms with Crippen molar-refractivity contribution in [2.75, 3.05) is 23.7 Å². The van der Waals surface area contributed by atoms with E-state index in [0.29, 0.717) is 5.69 Å². The summed E-state index contributed by atoms with van der Waals surface area (Å²) < 4.78 is 81.0. The molecule has 1 unspecified atom stereocenters. The fraction of sp³-hybridized carbons (Fsp3) is 0.286. The number of nitrogens with one attached hydrogen (secondary N) is 3. The number of hydrogen-bond donors (Lipinski definition) is 4. The zero-order valence-electron chi connectivity index (χ0n) is 24.4. The summed E-state index contributed by atoms with van der Waals surface area (Å²) in [5.74, 6) is -3.52. The van der Waals surface area contributed by atoms with E-state index in [1.165, 1.54) is 31.5 Å². The Kier molecular flexibility index (Phi) is 11.4. The normalized spacial score (nSPS) is 13.5. The van der Waals surface area contributed by atoms with Gasteiger partial charge < -0.3 is 21.1 Å². The number of amides is 1. The number of aromatic nitrogens is 2. The van der Waals surface area contributed by atoms with Crippen LogP contribution in [0, 0.1) is 17.5 Å². The largest absolute Gasteiger partial charge is 0.453 e. The van der Waals surface area contributed by atoms with E-state index in [-0.39, 0.29) is 23.8 Å². The lowest BCUT2D eigenvalue weighted by Gasteiger charge is -2.19. The fourth-order valence-electron chi connectivity index (χ4n) is 3.63. The summed E-state index contributed by atoms with van der Waals surface area (Å²) >= 11 is 1.14. The van der Waals surface area contributed by atoms with Gasteiger partial charge in [-0.1, -0.05) is 18.2 Å². The molecule has 0 aliphatic rings. The van der Waals surface area contributed by atoms with E-state index in [9.17, 15) is 22.0 Å². The Morgan fingerprint density at radius 1 is 1.16 bits per heavy atom. The average Bonchev–Trinajstić information content (AvgIpc) is 2.96. The van der Waals surface area contributed by atoms with E-state index in [1.807, 2.05) is 25.5 Å². The number of hydrogen-bond acceptors (Lipinski definition) is 9. The van der Waals surface area contributed by atoms with Crippen LogP contribution < -0.4 is 21.1 Å². The monoisotopic (exact) mass is 652 g/mol. The molecule has 0 aliphatic heterocycles. The predicted octanol–water partition coefficient (Wildman–Crippen LogP) is 4.24. The highest BCUT2D eigenvalue weighted by molar-refractivity contribution is 7.99. The SMILES string of the molecule is C=C[C@@H](CNc1nccc(C([NH3+])/C(=N\SC(C)(C)C)c2cccc(NS(=O)(=O)c3c(F)cccc3F)c2F)n1)NC(=O)OC. The van der Waals surface area contributed by atoms with E-state index in [0.717, 1.165) is 36.2 Å². The molecular formula is C28H33F3N7O4S2+. The van der Waals surface area contributed by atoms with Crippen molar-refractivity contribution in [1.29, 1.82) is 0 Å². The first-order chi connectivity index (χ1) is 20.7. The Bertz CT molecular complexity index is 1630. The highest BCUT2D eigenvalue weighted by atomic mass is 32.2. The summed E-state index contributed by atoms with van der Waals surface area (Å²) in [7, 11) is -3.62.